The fourth-order valence-corrected chi connectivity index (χ4v) is 3.47. The SMILES string of the molecule is CC(N)C(c1ccsc1)N1CCCC(C(N)=O)C1. The molecule has 0 aromatic carbocycles. The molecule has 1 fully saturated rings. The van der Waals surface area contributed by atoms with E-state index in [0.29, 0.717) is 0 Å². The Hall–Kier alpha value is -0.910. The molecule has 1 aliphatic heterocycles. The summed E-state index contributed by atoms with van der Waals surface area (Å²) in [5.74, 6) is -0.216. The van der Waals surface area contributed by atoms with E-state index < -0.39 is 0 Å². The Morgan fingerprint density at radius 3 is 2.94 bits per heavy atom. The fraction of sp³-hybridized carbons (Fsp3) is 0.615. The van der Waals surface area contributed by atoms with E-state index in [1.165, 1.54) is 5.56 Å². The van der Waals surface area contributed by atoms with Crippen molar-refractivity contribution in [1.29, 1.82) is 0 Å². The lowest BCUT2D eigenvalue weighted by Crippen LogP contribution is -2.47. The molecule has 2 rings (SSSR count). The summed E-state index contributed by atoms with van der Waals surface area (Å²) < 4.78 is 0. The van der Waals surface area contributed by atoms with Gasteiger partial charge in [0.15, 0.2) is 0 Å². The lowest BCUT2D eigenvalue weighted by Gasteiger charge is -2.39. The summed E-state index contributed by atoms with van der Waals surface area (Å²) in [4.78, 5) is 13.7. The first-order valence-corrected chi connectivity index (χ1v) is 7.35. The van der Waals surface area contributed by atoms with Crippen LogP contribution in [0.15, 0.2) is 16.8 Å². The van der Waals surface area contributed by atoms with Crippen molar-refractivity contribution in [3.05, 3.63) is 22.4 Å². The highest BCUT2D eigenvalue weighted by Gasteiger charge is 2.31. The third kappa shape index (κ3) is 2.91. The van der Waals surface area contributed by atoms with Crippen molar-refractivity contribution in [2.45, 2.75) is 31.8 Å². The zero-order chi connectivity index (χ0) is 13.1. The summed E-state index contributed by atoms with van der Waals surface area (Å²) in [5, 5.41) is 4.21. The molecule has 2 heterocycles. The van der Waals surface area contributed by atoms with Crippen molar-refractivity contribution in [3.8, 4) is 0 Å². The Labute approximate surface area is 112 Å². The van der Waals surface area contributed by atoms with Crippen LogP contribution in [0.2, 0.25) is 0 Å². The Kier molecular flexibility index (Phi) is 4.37. The van der Waals surface area contributed by atoms with E-state index in [4.69, 9.17) is 11.5 Å². The predicted octanol–water partition coefficient (Wildman–Crippen LogP) is 1.33. The van der Waals surface area contributed by atoms with Gasteiger partial charge in [-0.15, -0.1) is 0 Å². The molecule has 1 saturated heterocycles. The number of amides is 1. The van der Waals surface area contributed by atoms with Gasteiger partial charge in [0.05, 0.1) is 12.0 Å². The van der Waals surface area contributed by atoms with Crippen LogP contribution in [0, 0.1) is 5.92 Å². The van der Waals surface area contributed by atoms with Crippen LogP contribution in [-0.2, 0) is 4.79 Å². The second-order valence-corrected chi connectivity index (χ2v) is 5.88. The van der Waals surface area contributed by atoms with Gasteiger partial charge in [-0.25, -0.2) is 0 Å². The van der Waals surface area contributed by atoms with Crippen LogP contribution >= 0.6 is 11.3 Å². The van der Waals surface area contributed by atoms with Crippen LogP contribution in [-0.4, -0.2) is 29.9 Å². The number of nitrogens with two attached hydrogens (primary N) is 2. The van der Waals surface area contributed by atoms with Crippen molar-refractivity contribution in [2.75, 3.05) is 13.1 Å². The molecular weight excluding hydrogens is 246 g/mol. The van der Waals surface area contributed by atoms with Crippen molar-refractivity contribution in [2.24, 2.45) is 17.4 Å². The van der Waals surface area contributed by atoms with Gasteiger partial charge in [-0.2, -0.15) is 11.3 Å². The number of hydrogen-bond donors (Lipinski definition) is 2. The van der Waals surface area contributed by atoms with Gasteiger partial charge in [0, 0.05) is 12.6 Å². The van der Waals surface area contributed by atoms with Crippen molar-refractivity contribution < 1.29 is 4.79 Å². The molecule has 0 spiro atoms. The van der Waals surface area contributed by atoms with E-state index >= 15 is 0 Å². The average Bonchev–Trinajstić information content (AvgIpc) is 2.82. The minimum Gasteiger partial charge on any atom is -0.369 e. The monoisotopic (exact) mass is 267 g/mol. The van der Waals surface area contributed by atoms with Crippen LogP contribution in [0.5, 0.6) is 0 Å². The summed E-state index contributed by atoms with van der Waals surface area (Å²) in [6.07, 6.45) is 1.92. The normalized spacial score (nSPS) is 24.7. The van der Waals surface area contributed by atoms with Crippen molar-refractivity contribution in [3.63, 3.8) is 0 Å². The molecule has 4 nitrogen and oxygen atoms in total. The number of primary amides is 1. The van der Waals surface area contributed by atoms with E-state index in [1.807, 2.05) is 6.92 Å². The predicted molar refractivity (Wildman–Crippen MR) is 74.2 cm³/mol. The number of rotatable bonds is 4. The van der Waals surface area contributed by atoms with Gasteiger partial charge in [-0.3, -0.25) is 9.69 Å². The summed E-state index contributed by atoms with van der Waals surface area (Å²) in [7, 11) is 0. The van der Waals surface area contributed by atoms with E-state index in [-0.39, 0.29) is 23.9 Å². The molecule has 1 amide bonds. The molecule has 1 aromatic rings. The highest BCUT2D eigenvalue weighted by molar-refractivity contribution is 7.07. The summed E-state index contributed by atoms with van der Waals surface area (Å²) in [6, 6.07) is 2.36. The first-order valence-electron chi connectivity index (χ1n) is 6.40. The van der Waals surface area contributed by atoms with Gasteiger partial charge in [-0.1, -0.05) is 0 Å². The second kappa shape index (κ2) is 5.82. The maximum Gasteiger partial charge on any atom is 0.221 e. The van der Waals surface area contributed by atoms with Crippen LogP contribution in [0.4, 0.5) is 0 Å². The quantitative estimate of drug-likeness (QED) is 0.864. The zero-order valence-electron chi connectivity index (χ0n) is 10.7. The van der Waals surface area contributed by atoms with E-state index in [1.54, 1.807) is 11.3 Å². The van der Waals surface area contributed by atoms with Gasteiger partial charge < -0.3 is 11.5 Å². The smallest absolute Gasteiger partial charge is 0.221 e. The minimum atomic E-state index is -0.187. The van der Waals surface area contributed by atoms with Gasteiger partial charge in [0.25, 0.3) is 0 Å². The molecule has 3 atom stereocenters. The standard InChI is InChI=1S/C13H21N3OS/c1-9(14)12(11-4-6-18-8-11)16-5-2-3-10(7-16)13(15)17/h4,6,8-10,12H,2-3,5,7,14H2,1H3,(H2,15,17). The second-order valence-electron chi connectivity index (χ2n) is 5.10. The minimum absolute atomic E-state index is 0.0290. The molecule has 100 valence electrons. The largest absolute Gasteiger partial charge is 0.369 e. The third-order valence-electron chi connectivity index (χ3n) is 3.63. The van der Waals surface area contributed by atoms with Crippen LogP contribution in [0.1, 0.15) is 31.4 Å². The maximum absolute atomic E-state index is 11.3. The van der Waals surface area contributed by atoms with Crippen LogP contribution in [0.25, 0.3) is 0 Å². The molecule has 0 saturated carbocycles. The number of piperidine rings is 1. The third-order valence-corrected chi connectivity index (χ3v) is 4.33. The molecule has 1 aromatic heterocycles. The molecule has 0 bridgehead atoms. The highest BCUT2D eigenvalue weighted by atomic mass is 32.1. The first-order chi connectivity index (χ1) is 8.59. The number of carbonyl (C=O) groups is 1. The molecule has 0 radical (unpaired) electrons. The number of nitrogens with zero attached hydrogens (tertiary/aromatic N) is 1. The Bertz CT molecular complexity index is 391. The number of likely N-dealkylation sites (tertiary alicyclic amines) is 1. The zero-order valence-corrected chi connectivity index (χ0v) is 11.5. The molecule has 1 aliphatic rings. The Balaban J connectivity index is 2.14. The average molecular weight is 267 g/mol. The summed E-state index contributed by atoms with van der Waals surface area (Å²) in [5.41, 5.74) is 12.8. The lowest BCUT2D eigenvalue weighted by molar-refractivity contribution is -0.123. The topological polar surface area (TPSA) is 72.3 Å². The fourth-order valence-electron chi connectivity index (χ4n) is 2.78. The van der Waals surface area contributed by atoms with E-state index in [2.05, 4.69) is 21.7 Å². The van der Waals surface area contributed by atoms with E-state index in [9.17, 15) is 4.79 Å². The van der Waals surface area contributed by atoms with Crippen molar-refractivity contribution >= 4 is 17.2 Å². The first kappa shape index (κ1) is 13.5. The molecule has 5 heteroatoms. The molecule has 18 heavy (non-hydrogen) atoms. The highest BCUT2D eigenvalue weighted by Crippen LogP contribution is 2.29. The summed E-state index contributed by atoms with van der Waals surface area (Å²) in [6.45, 7) is 3.75. The molecule has 4 N–H and O–H groups in total. The summed E-state index contributed by atoms with van der Waals surface area (Å²) >= 11 is 1.68. The van der Waals surface area contributed by atoms with Gasteiger partial charge >= 0.3 is 0 Å². The van der Waals surface area contributed by atoms with Crippen LogP contribution < -0.4 is 11.5 Å². The van der Waals surface area contributed by atoms with Gasteiger partial charge in [0.2, 0.25) is 5.91 Å². The van der Waals surface area contributed by atoms with Gasteiger partial charge in [0.1, 0.15) is 0 Å². The van der Waals surface area contributed by atoms with Gasteiger partial charge in [-0.05, 0) is 48.7 Å². The van der Waals surface area contributed by atoms with E-state index in [0.717, 1.165) is 25.9 Å². The Morgan fingerprint density at radius 1 is 1.61 bits per heavy atom. The van der Waals surface area contributed by atoms with Crippen LogP contribution in [0.3, 0.4) is 0 Å². The number of carbonyl (C=O) groups excluding carboxylic acids is 1. The van der Waals surface area contributed by atoms with Crippen molar-refractivity contribution in [1.82, 2.24) is 4.90 Å². The Morgan fingerprint density at radius 2 is 2.39 bits per heavy atom. The molecule has 3 unspecified atom stereocenters. The number of hydrogen-bond acceptors (Lipinski definition) is 4. The maximum atomic E-state index is 11.3. The molecular formula is C13H21N3OS. The lowest BCUT2D eigenvalue weighted by atomic mass is 9.93. The number of thiophene rings is 1. The molecule has 0 aliphatic carbocycles.